The van der Waals surface area contributed by atoms with Gasteiger partial charge >= 0.3 is 0 Å². The zero-order valence-corrected chi connectivity index (χ0v) is 18.6. The molecule has 34 heavy (non-hydrogen) atoms. The van der Waals surface area contributed by atoms with Crippen molar-refractivity contribution in [3.8, 4) is 0 Å². The Morgan fingerprint density at radius 3 is 2.56 bits per heavy atom. The number of H-pyrrole nitrogens is 1. The maximum atomic E-state index is 13.2. The quantitative estimate of drug-likeness (QED) is 0.427. The average Bonchev–Trinajstić information content (AvgIpc) is 3.54. The Labute approximate surface area is 197 Å². The summed E-state index contributed by atoms with van der Waals surface area (Å²) in [5.74, 6) is 1.04. The minimum absolute atomic E-state index is 0.0203. The number of carbonyl (C=O) groups is 1. The minimum Gasteiger partial charge on any atom is -0.381 e. The van der Waals surface area contributed by atoms with E-state index in [4.69, 9.17) is 0 Å². The number of pyridine rings is 1. The Morgan fingerprint density at radius 2 is 1.79 bits per heavy atom. The van der Waals surface area contributed by atoms with Crippen LogP contribution in [-0.2, 0) is 13.0 Å². The topological polar surface area (TPSA) is 86.8 Å². The molecule has 0 unspecified atom stereocenters. The Balaban J connectivity index is 1.23. The van der Waals surface area contributed by atoms with Gasteiger partial charge in [0, 0.05) is 43.2 Å². The fraction of sp³-hybridized carbons (Fsp3) is 0.231. The predicted molar refractivity (Wildman–Crippen MR) is 127 cm³/mol. The second kappa shape index (κ2) is 9.82. The Hall–Kier alpha value is -4.07. The molecule has 0 aliphatic carbocycles. The number of nitrogens with zero attached hydrogens (tertiary/aromatic N) is 4. The summed E-state index contributed by atoms with van der Waals surface area (Å²) in [6.07, 6.45) is 5.80. The summed E-state index contributed by atoms with van der Waals surface area (Å²) < 4.78 is 13.1. The van der Waals surface area contributed by atoms with E-state index < -0.39 is 0 Å². The van der Waals surface area contributed by atoms with E-state index >= 15 is 0 Å². The predicted octanol–water partition coefficient (Wildman–Crippen LogP) is 4.52. The van der Waals surface area contributed by atoms with E-state index in [1.807, 2.05) is 41.3 Å². The third-order valence-corrected chi connectivity index (χ3v) is 6.02. The van der Waals surface area contributed by atoms with Crippen LogP contribution in [0.2, 0.25) is 0 Å². The molecular weight excluding hydrogens is 431 g/mol. The second-order valence-corrected chi connectivity index (χ2v) is 8.39. The zero-order valence-electron chi connectivity index (χ0n) is 18.6. The number of halogens is 1. The van der Waals surface area contributed by atoms with Crippen LogP contribution in [0.15, 0.2) is 73.1 Å². The number of nitrogens with one attached hydrogen (secondary N) is 2. The summed E-state index contributed by atoms with van der Waals surface area (Å²) in [6.45, 7) is 1.36. The van der Waals surface area contributed by atoms with Crippen molar-refractivity contribution in [1.82, 2.24) is 25.1 Å². The van der Waals surface area contributed by atoms with Crippen LogP contribution in [0.4, 0.5) is 10.1 Å². The SMILES string of the molecule is O=C(c1ccc(NCc2ccncc2)cc1)N1CCC[C@H]1c1n[nH]c(Cc2ccc(F)cc2)n1. The number of anilines is 1. The zero-order chi connectivity index (χ0) is 23.3. The fourth-order valence-corrected chi connectivity index (χ4v) is 4.21. The van der Waals surface area contributed by atoms with Gasteiger partial charge in [-0.15, -0.1) is 0 Å². The fourth-order valence-electron chi connectivity index (χ4n) is 4.21. The van der Waals surface area contributed by atoms with Gasteiger partial charge in [-0.2, -0.15) is 5.10 Å². The standard InChI is InChI=1S/C26H25FN6O/c27-21-7-3-18(4-8-21)16-24-30-25(32-31-24)23-2-1-15-33(23)26(34)20-5-9-22(10-6-20)29-17-19-11-13-28-14-12-19/h3-14,23,29H,1-2,15-17H2,(H,30,31,32)/t23-/m0/s1. The van der Waals surface area contributed by atoms with E-state index in [1.54, 1.807) is 24.5 Å². The van der Waals surface area contributed by atoms with Gasteiger partial charge in [0.1, 0.15) is 11.6 Å². The molecule has 0 radical (unpaired) electrons. The molecule has 0 bridgehead atoms. The van der Waals surface area contributed by atoms with Crippen molar-refractivity contribution in [3.05, 3.63) is 107 Å². The normalized spacial score (nSPS) is 15.4. The monoisotopic (exact) mass is 456 g/mol. The molecule has 8 heteroatoms. The van der Waals surface area contributed by atoms with E-state index in [1.165, 1.54) is 12.1 Å². The van der Waals surface area contributed by atoms with Gasteiger partial charge in [0.15, 0.2) is 5.82 Å². The number of hydrogen-bond donors (Lipinski definition) is 2. The number of hydrogen-bond acceptors (Lipinski definition) is 5. The molecule has 1 amide bonds. The summed E-state index contributed by atoms with van der Waals surface area (Å²) >= 11 is 0. The molecule has 1 fully saturated rings. The molecule has 5 rings (SSSR count). The van der Waals surface area contributed by atoms with Crippen LogP contribution in [0, 0.1) is 5.82 Å². The van der Waals surface area contributed by atoms with Crippen molar-refractivity contribution in [2.75, 3.05) is 11.9 Å². The molecule has 4 aromatic rings. The number of likely N-dealkylation sites (tertiary alicyclic amines) is 1. The number of rotatable bonds is 7. The lowest BCUT2D eigenvalue weighted by molar-refractivity contribution is 0.0730. The first-order valence-electron chi connectivity index (χ1n) is 11.3. The van der Waals surface area contributed by atoms with Gasteiger partial charge in [-0.05, 0) is 72.5 Å². The lowest BCUT2D eigenvalue weighted by Crippen LogP contribution is -2.31. The average molecular weight is 457 g/mol. The van der Waals surface area contributed by atoms with Crippen molar-refractivity contribution >= 4 is 11.6 Å². The van der Waals surface area contributed by atoms with Crippen LogP contribution in [0.1, 0.15) is 52.0 Å². The van der Waals surface area contributed by atoms with Crippen LogP contribution in [0.3, 0.4) is 0 Å². The molecular formula is C26H25FN6O. The van der Waals surface area contributed by atoms with Crippen LogP contribution in [-0.4, -0.2) is 37.5 Å². The van der Waals surface area contributed by atoms with E-state index in [-0.39, 0.29) is 17.8 Å². The van der Waals surface area contributed by atoms with Crippen LogP contribution >= 0.6 is 0 Å². The number of amides is 1. The van der Waals surface area contributed by atoms with Gasteiger partial charge in [-0.25, -0.2) is 9.37 Å². The van der Waals surface area contributed by atoms with E-state index in [9.17, 15) is 9.18 Å². The molecule has 3 heterocycles. The van der Waals surface area contributed by atoms with Gasteiger partial charge in [0.2, 0.25) is 0 Å². The third kappa shape index (κ3) is 4.96. The first kappa shape index (κ1) is 21.8. The highest BCUT2D eigenvalue weighted by molar-refractivity contribution is 5.95. The van der Waals surface area contributed by atoms with Crippen LogP contribution in [0.25, 0.3) is 0 Å². The van der Waals surface area contributed by atoms with E-state index in [0.717, 1.165) is 29.7 Å². The van der Waals surface area contributed by atoms with Gasteiger partial charge in [0.25, 0.3) is 5.91 Å². The molecule has 2 aromatic heterocycles. The number of aromatic nitrogens is 4. The van der Waals surface area contributed by atoms with Gasteiger partial charge < -0.3 is 10.2 Å². The largest absolute Gasteiger partial charge is 0.381 e. The number of aromatic amines is 1. The first-order chi connectivity index (χ1) is 16.7. The molecule has 0 spiro atoms. The van der Waals surface area contributed by atoms with E-state index in [2.05, 4.69) is 25.5 Å². The highest BCUT2D eigenvalue weighted by atomic mass is 19.1. The Kier molecular flexibility index (Phi) is 6.29. The maximum Gasteiger partial charge on any atom is 0.254 e. The molecule has 0 saturated carbocycles. The summed E-state index contributed by atoms with van der Waals surface area (Å²) in [7, 11) is 0. The second-order valence-electron chi connectivity index (χ2n) is 8.39. The molecule has 1 saturated heterocycles. The van der Waals surface area contributed by atoms with Crippen molar-refractivity contribution in [2.24, 2.45) is 0 Å². The summed E-state index contributed by atoms with van der Waals surface area (Å²) in [6, 6.07) is 17.7. The van der Waals surface area contributed by atoms with E-state index in [0.29, 0.717) is 36.7 Å². The highest BCUT2D eigenvalue weighted by Gasteiger charge is 2.33. The third-order valence-electron chi connectivity index (χ3n) is 6.02. The molecule has 2 aromatic carbocycles. The van der Waals surface area contributed by atoms with Crippen LogP contribution < -0.4 is 5.32 Å². The van der Waals surface area contributed by atoms with Crippen LogP contribution in [0.5, 0.6) is 0 Å². The Morgan fingerprint density at radius 1 is 1.03 bits per heavy atom. The smallest absolute Gasteiger partial charge is 0.254 e. The van der Waals surface area contributed by atoms with Gasteiger partial charge in [-0.3, -0.25) is 14.9 Å². The first-order valence-corrected chi connectivity index (χ1v) is 11.3. The van der Waals surface area contributed by atoms with Crippen molar-refractivity contribution < 1.29 is 9.18 Å². The lowest BCUT2D eigenvalue weighted by Gasteiger charge is -2.22. The summed E-state index contributed by atoms with van der Waals surface area (Å²) in [5, 5.41) is 10.7. The molecule has 2 N–H and O–H groups in total. The molecule has 1 aliphatic rings. The van der Waals surface area contributed by atoms with Gasteiger partial charge in [0.05, 0.1) is 6.04 Å². The lowest BCUT2D eigenvalue weighted by atomic mass is 10.1. The highest BCUT2D eigenvalue weighted by Crippen LogP contribution is 2.31. The maximum absolute atomic E-state index is 13.2. The molecule has 172 valence electrons. The summed E-state index contributed by atoms with van der Waals surface area (Å²) in [5.41, 5.74) is 3.68. The Bertz CT molecular complexity index is 1240. The summed E-state index contributed by atoms with van der Waals surface area (Å²) in [4.78, 5) is 23.8. The number of carbonyl (C=O) groups excluding carboxylic acids is 1. The van der Waals surface area contributed by atoms with Crippen molar-refractivity contribution in [3.63, 3.8) is 0 Å². The molecule has 1 aliphatic heterocycles. The minimum atomic E-state index is -0.264. The number of benzene rings is 2. The molecule has 7 nitrogen and oxygen atoms in total. The van der Waals surface area contributed by atoms with Crippen molar-refractivity contribution in [2.45, 2.75) is 31.8 Å². The van der Waals surface area contributed by atoms with Gasteiger partial charge in [-0.1, -0.05) is 12.1 Å². The van der Waals surface area contributed by atoms with Crippen molar-refractivity contribution in [1.29, 1.82) is 0 Å². The molecule has 1 atom stereocenters.